The summed E-state index contributed by atoms with van der Waals surface area (Å²) in [5.74, 6) is 2.02. The van der Waals surface area contributed by atoms with Crippen LogP contribution in [-0.2, 0) is 5.33 Å². The van der Waals surface area contributed by atoms with Crippen LogP contribution in [-0.4, -0.2) is 18.6 Å². The van der Waals surface area contributed by atoms with Crippen molar-refractivity contribution >= 4 is 39.3 Å². The molecule has 0 unspecified atom stereocenters. The summed E-state index contributed by atoms with van der Waals surface area (Å²) in [4.78, 5) is 0. The first kappa shape index (κ1) is 13.2. The van der Waals surface area contributed by atoms with Crippen molar-refractivity contribution in [3.05, 3.63) is 28.8 Å². The summed E-state index contributed by atoms with van der Waals surface area (Å²) in [6, 6.07) is 5.76. The Hall–Kier alpha value is 0.140. The molecule has 0 spiro atoms. The highest BCUT2D eigenvalue weighted by Crippen LogP contribution is 2.28. The smallest absolute Gasteiger partial charge is 0.124 e. The molecule has 0 N–H and O–H groups in total. The van der Waals surface area contributed by atoms with Crippen LogP contribution in [0, 0.1) is 0 Å². The van der Waals surface area contributed by atoms with Gasteiger partial charge in [0.15, 0.2) is 0 Å². The zero-order valence-corrected chi connectivity index (χ0v) is 11.8. The molecule has 0 aliphatic carbocycles. The number of alkyl halides is 1. The van der Waals surface area contributed by atoms with Gasteiger partial charge < -0.3 is 4.74 Å². The molecule has 0 radical (unpaired) electrons. The number of thioether (sulfide) groups is 1. The summed E-state index contributed by atoms with van der Waals surface area (Å²) in [7, 11) is 0. The Kier molecular flexibility index (Phi) is 6.53. The molecule has 0 saturated heterocycles. The van der Waals surface area contributed by atoms with E-state index in [2.05, 4.69) is 22.2 Å². The maximum Gasteiger partial charge on any atom is 0.124 e. The summed E-state index contributed by atoms with van der Waals surface area (Å²) >= 11 is 11.3. The second-order valence-electron chi connectivity index (χ2n) is 3.04. The predicted molar refractivity (Wildman–Crippen MR) is 72.6 cm³/mol. The van der Waals surface area contributed by atoms with E-state index in [1.165, 1.54) is 0 Å². The maximum atomic E-state index is 6.06. The first-order valence-corrected chi connectivity index (χ1v) is 7.64. The van der Waals surface area contributed by atoms with E-state index in [-0.39, 0.29) is 0 Å². The SMILES string of the molecule is CSCCCOc1cccc(Cl)c1CBr. The largest absolute Gasteiger partial charge is 0.493 e. The number of halogens is 2. The zero-order valence-electron chi connectivity index (χ0n) is 8.63. The monoisotopic (exact) mass is 308 g/mol. The van der Waals surface area contributed by atoms with Gasteiger partial charge in [0.25, 0.3) is 0 Å². The maximum absolute atomic E-state index is 6.06. The van der Waals surface area contributed by atoms with Gasteiger partial charge in [-0.3, -0.25) is 0 Å². The van der Waals surface area contributed by atoms with Crippen molar-refractivity contribution in [1.82, 2.24) is 0 Å². The molecular weight excluding hydrogens is 296 g/mol. The van der Waals surface area contributed by atoms with Gasteiger partial charge in [-0.25, -0.2) is 0 Å². The fourth-order valence-electron chi connectivity index (χ4n) is 1.19. The van der Waals surface area contributed by atoms with E-state index >= 15 is 0 Å². The van der Waals surface area contributed by atoms with Crippen molar-refractivity contribution in [3.63, 3.8) is 0 Å². The number of rotatable bonds is 6. The molecule has 4 heteroatoms. The van der Waals surface area contributed by atoms with Gasteiger partial charge >= 0.3 is 0 Å². The van der Waals surface area contributed by atoms with E-state index in [9.17, 15) is 0 Å². The van der Waals surface area contributed by atoms with Crippen molar-refractivity contribution in [1.29, 1.82) is 0 Å². The van der Waals surface area contributed by atoms with Crippen LogP contribution in [0.2, 0.25) is 5.02 Å². The number of benzene rings is 1. The van der Waals surface area contributed by atoms with Gasteiger partial charge in [0, 0.05) is 15.9 Å². The van der Waals surface area contributed by atoms with Crippen LogP contribution in [0.1, 0.15) is 12.0 Å². The summed E-state index contributed by atoms with van der Waals surface area (Å²) in [6.45, 7) is 0.751. The molecule has 0 saturated carbocycles. The first-order chi connectivity index (χ1) is 7.29. The van der Waals surface area contributed by atoms with Crippen molar-refractivity contribution in [2.45, 2.75) is 11.8 Å². The van der Waals surface area contributed by atoms with E-state index in [0.717, 1.165) is 40.4 Å². The highest BCUT2D eigenvalue weighted by molar-refractivity contribution is 9.08. The van der Waals surface area contributed by atoms with E-state index in [1.54, 1.807) is 0 Å². The van der Waals surface area contributed by atoms with Crippen LogP contribution in [0.4, 0.5) is 0 Å². The molecule has 1 rings (SSSR count). The molecule has 1 aromatic rings. The van der Waals surface area contributed by atoms with Crippen LogP contribution in [0.15, 0.2) is 18.2 Å². The Bertz CT molecular complexity index is 307. The van der Waals surface area contributed by atoms with Crippen LogP contribution in [0.5, 0.6) is 5.75 Å². The molecule has 0 heterocycles. The minimum absolute atomic E-state index is 0.727. The average Bonchev–Trinajstić information content (AvgIpc) is 2.24. The third kappa shape index (κ3) is 4.25. The second kappa shape index (κ2) is 7.42. The highest BCUT2D eigenvalue weighted by Gasteiger charge is 2.06. The van der Waals surface area contributed by atoms with E-state index in [1.807, 2.05) is 30.0 Å². The fraction of sp³-hybridized carbons (Fsp3) is 0.455. The molecule has 0 aliphatic rings. The van der Waals surface area contributed by atoms with Crippen LogP contribution in [0.3, 0.4) is 0 Å². The highest BCUT2D eigenvalue weighted by atomic mass is 79.9. The lowest BCUT2D eigenvalue weighted by molar-refractivity contribution is 0.316. The van der Waals surface area contributed by atoms with Crippen LogP contribution < -0.4 is 4.74 Å². The van der Waals surface area contributed by atoms with E-state index < -0.39 is 0 Å². The zero-order chi connectivity index (χ0) is 11.1. The van der Waals surface area contributed by atoms with Crippen molar-refractivity contribution in [3.8, 4) is 5.75 Å². The molecule has 1 aromatic carbocycles. The van der Waals surface area contributed by atoms with Gasteiger partial charge in [0.2, 0.25) is 0 Å². The molecule has 0 aliphatic heterocycles. The quantitative estimate of drug-likeness (QED) is 0.570. The molecule has 0 amide bonds. The van der Waals surface area contributed by atoms with Gasteiger partial charge in [-0.05, 0) is 30.6 Å². The summed E-state index contributed by atoms with van der Waals surface area (Å²) < 4.78 is 5.68. The van der Waals surface area contributed by atoms with Gasteiger partial charge in [-0.2, -0.15) is 11.8 Å². The third-order valence-electron chi connectivity index (χ3n) is 1.96. The normalized spacial score (nSPS) is 10.3. The minimum atomic E-state index is 0.727. The van der Waals surface area contributed by atoms with Crippen LogP contribution in [0.25, 0.3) is 0 Å². The minimum Gasteiger partial charge on any atom is -0.493 e. The van der Waals surface area contributed by atoms with Crippen LogP contribution >= 0.6 is 39.3 Å². The van der Waals surface area contributed by atoms with Gasteiger partial charge in [-0.1, -0.05) is 33.6 Å². The predicted octanol–water partition coefficient (Wildman–Crippen LogP) is 4.37. The molecule has 0 atom stereocenters. The molecule has 0 bridgehead atoms. The molecule has 1 nitrogen and oxygen atoms in total. The third-order valence-corrected chi connectivity index (χ3v) is 3.57. The lowest BCUT2D eigenvalue weighted by atomic mass is 10.2. The molecule has 0 fully saturated rings. The fourth-order valence-corrected chi connectivity index (χ4v) is 2.57. The summed E-state index contributed by atoms with van der Waals surface area (Å²) in [6.07, 6.45) is 3.17. The Morgan fingerprint density at radius 1 is 1.47 bits per heavy atom. The Morgan fingerprint density at radius 2 is 2.27 bits per heavy atom. The Labute approximate surface area is 109 Å². The summed E-state index contributed by atoms with van der Waals surface area (Å²) in [5, 5.41) is 1.49. The van der Waals surface area contributed by atoms with E-state index in [4.69, 9.17) is 16.3 Å². The number of ether oxygens (including phenoxy) is 1. The lowest BCUT2D eigenvalue weighted by Crippen LogP contribution is -2.00. The van der Waals surface area contributed by atoms with Crippen molar-refractivity contribution in [2.24, 2.45) is 0 Å². The number of hydrogen-bond donors (Lipinski definition) is 0. The lowest BCUT2D eigenvalue weighted by Gasteiger charge is -2.10. The van der Waals surface area contributed by atoms with Gasteiger partial charge in [0.1, 0.15) is 5.75 Å². The molecule has 0 aromatic heterocycles. The summed E-state index contributed by atoms with van der Waals surface area (Å²) in [5.41, 5.74) is 1.03. The van der Waals surface area contributed by atoms with Crippen molar-refractivity contribution < 1.29 is 4.74 Å². The second-order valence-corrected chi connectivity index (χ2v) is 5.00. The first-order valence-electron chi connectivity index (χ1n) is 4.74. The van der Waals surface area contributed by atoms with E-state index in [0.29, 0.717) is 0 Å². The number of hydrogen-bond acceptors (Lipinski definition) is 2. The Morgan fingerprint density at radius 3 is 2.93 bits per heavy atom. The van der Waals surface area contributed by atoms with Gasteiger partial charge in [0.05, 0.1) is 6.61 Å². The Balaban J connectivity index is 2.56. The average molecular weight is 310 g/mol. The standard InChI is InChI=1S/C11H14BrClOS/c1-15-7-3-6-14-11-5-2-4-10(13)9(11)8-12/h2,4-5H,3,6-8H2,1H3. The van der Waals surface area contributed by atoms with Crippen molar-refractivity contribution in [2.75, 3.05) is 18.6 Å². The molecule has 84 valence electrons. The topological polar surface area (TPSA) is 9.23 Å². The molecule has 15 heavy (non-hydrogen) atoms. The molecular formula is C11H14BrClOS. The van der Waals surface area contributed by atoms with Gasteiger partial charge in [-0.15, -0.1) is 0 Å².